The number of hydrogen-bond acceptors (Lipinski definition) is 3. The van der Waals surface area contributed by atoms with Crippen LogP contribution in [0.15, 0.2) is 78.9 Å². The SMILES string of the molecule is COc1ccc(C[C@H](Cc2ccc(F)cc2)NC(=O)COc2ccccc2)cc1. The molecule has 0 spiro atoms. The second-order valence-corrected chi connectivity index (χ2v) is 6.75. The first kappa shape index (κ1) is 20.4. The van der Waals surface area contributed by atoms with E-state index >= 15 is 0 Å². The Hall–Kier alpha value is -3.34. The Balaban J connectivity index is 1.65. The average Bonchev–Trinajstić information content (AvgIpc) is 2.75. The zero-order chi connectivity index (χ0) is 20.5. The Morgan fingerprint density at radius 1 is 0.862 bits per heavy atom. The van der Waals surface area contributed by atoms with Gasteiger partial charge in [-0.1, -0.05) is 42.5 Å². The standard InChI is InChI=1S/C24H24FNO3/c1-28-22-13-9-19(10-14-22)16-21(15-18-7-11-20(25)12-8-18)26-24(27)17-29-23-5-3-2-4-6-23/h2-14,21H,15-17H2,1H3,(H,26,27)/t21-/m0/s1. The van der Waals surface area contributed by atoms with E-state index in [-0.39, 0.29) is 24.4 Å². The maximum atomic E-state index is 13.2. The van der Waals surface area contributed by atoms with Gasteiger partial charge in [0.15, 0.2) is 6.61 Å². The summed E-state index contributed by atoms with van der Waals surface area (Å²) in [6.07, 6.45) is 1.22. The molecule has 0 fully saturated rings. The maximum Gasteiger partial charge on any atom is 0.258 e. The number of rotatable bonds is 9. The minimum absolute atomic E-state index is 0.0630. The van der Waals surface area contributed by atoms with Crippen molar-refractivity contribution in [3.63, 3.8) is 0 Å². The molecular weight excluding hydrogens is 369 g/mol. The lowest BCUT2D eigenvalue weighted by Crippen LogP contribution is -2.40. The van der Waals surface area contributed by atoms with Crippen LogP contribution in [0.25, 0.3) is 0 Å². The quantitative estimate of drug-likeness (QED) is 0.593. The van der Waals surface area contributed by atoms with Crippen molar-refractivity contribution in [2.24, 2.45) is 0 Å². The zero-order valence-electron chi connectivity index (χ0n) is 16.3. The molecule has 1 N–H and O–H groups in total. The highest BCUT2D eigenvalue weighted by Gasteiger charge is 2.15. The van der Waals surface area contributed by atoms with Crippen molar-refractivity contribution in [2.45, 2.75) is 18.9 Å². The Morgan fingerprint density at radius 2 is 1.45 bits per heavy atom. The number of benzene rings is 3. The fraction of sp³-hybridized carbons (Fsp3) is 0.208. The third kappa shape index (κ3) is 6.64. The van der Waals surface area contributed by atoms with Crippen LogP contribution in [-0.2, 0) is 17.6 Å². The van der Waals surface area contributed by atoms with E-state index in [1.165, 1.54) is 12.1 Å². The van der Waals surface area contributed by atoms with E-state index in [0.29, 0.717) is 18.6 Å². The molecule has 5 heteroatoms. The number of nitrogens with one attached hydrogen (secondary N) is 1. The minimum Gasteiger partial charge on any atom is -0.497 e. The van der Waals surface area contributed by atoms with Crippen molar-refractivity contribution >= 4 is 5.91 Å². The number of carbonyl (C=O) groups excluding carboxylic acids is 1. The van der Waals surface area contributed by atoms with Gasteiger partial charge in [-0.25, -0.2) is 4.39 Å². The van der Waals surface area contributed by atoms with Crippen LogP contribution >= 0.6 is 0 Å². The molecule has 0 aliphatic rings. The molecule has 3 aromatic rings. The Kier molecular flexibility index (Phi) is 7.22. The molecule has 1 amide bonds. The molecule has 4 nitrogen and oxygen atoms in total. The summed E-state index contributed by atoms with van der Waals surface area (Å²) in [6.45, 7) is -0.0630. The lowest BCUT2D eigenvalue weighted by Gasteiger charge is -2.20. The topological polar surface area (TPSA) is 47.6 Å². The van der Waals surface area contributed by atoms with Crippen LogP contribution in [0.1, 0.15) is 11.1 Å². The molecule has 29 heavy (non-hydrogen) atoms. The van der Waals surface area contributed by atoms with E-state index in [9.17, 15) is 9.18 Å². The van der Waals surface area contributed by atoms with Crippen LogP contribution in [0.2, 0.25) is 0 Å². The maximum absolute atomic E-state index is 13.2. The van der Waals surface area contributed by atoms with Crippen molar-refractivity contribution in [1.82, 2.24) is 5.32 Å². The molecule has 3 aromatic carbocycles. The average molecular weight is 393 g/mol. The van der Waals surface area contributed by atoms with Gasteiger partial charge in [0.2, 0.25) is 0 Å². The van der Waals surface area contributed by atoms with E-state index in [1.54, 1.807) is 31.4 Å². The smallest absolute Gasteiger partial charge is 0.258 e. The molecular formula is C24H24FNO3. The van der Waals surface area contributed by atoms with E-state index < -0.39 is 0 Å². The van der Waals surface area contributed by atoms with Gasteiger partial charge < -0.3 is 14.8 Å². The van der Waals surface area contributed by atoms with Gasteiger partial charge >= 0.3 is 0 Å². The first-order valence-corrected chi connectivity index (χ1v) is 9.47. The first-order valence-electron chi connectivity index (χ1n) is 9.47. The Morgan fingerprint density at radius 3 is 2.03 bits per heavy atom. The van der Waals surface area contributed by atoms with Crippen molar-refractivity contribution in [2.75, 3.05) is 13.7 Å². The van der Waals surface area contributed by atoms with Crippen LogP contribution in [0, 0.1) is 5.82 Å². The molecule has 3 rings (SSSR count). The number of halogens is 1. The highest BCUT2D eigenvalue weighted by Crippen LogP contribution is 2.15. The van der Waals surface area contributed by atoms with Gasteiger partial charge in [-0.05, 0) is 60.4 Å². The summed E-state index contributed by atoms with van der Waals surface area (Å²) < 4.78 is 24.0. The number of methoxy groups -OCH3 is 1. The molecule has 0 aliphatic carbocycles. The van der Waals surface area contributed by atoms with Crippen LogP contribution < -0.4 is 14.8 Å². The molecule has 0 aromatic heterocycles. The number of para-hydroxylation sites is 1. The highest BCUT2D eigenvalue weighted by atomic mass is 19.1. The van der Waals surface area contributed by atoms with Gasteiger partial charge in [-0.15, -0.1) is 0 Å². The van der Waals surface area contributed by atoms with E-state index in [1.807, 2.05) is 42.5 Å². The second-order valence-electron chi connectivity index (χ2n) is 6.75. The molecule has 0 bridgehead atoms. The lowest BCUT2D eigenvalue weighted by atomic mass is 9.98. The van der Waals surface area contributed by atoms with Crippen LogP contribution in [0.5, 0.6) is 11.5 Å². The van der Waals surface area contributed by atoms with Crippen LogP contribution in [0.4, 0.5) is 4.39 Å². The molecule has 0 saturated carbocycles. The molecule has 150 valence electrons. The second kappa shape index (κ2) is 10.3. The number of carbonyl (C=O) groups is 1. The largest absolute Gasteiger partial charge is 0.497 e. The summed E-state index contributed by atoms with van der Waals surface area (Å²) in [6, 6.07) is 23.1. The van der Waals surface area contributed by atoms with Gasteiger partial charge in [0.05, 0.1) is 7.11 Å². The summed E-state index contributed by atoms with van der Waals surface area (Å²) in [5, 5.41) is 3.04. The lowest BCUT2D eigenvalue weighted by molar-refractivity contribution is -0.123. The van der Waals surface area contributed by atoms with E-state index in [4.69, 9.17) is 9.47 Å². The highest BCUT2D eigenvalue weighted by molar-refractivity contribution is 5.77. The summed E-state index contributed by atoms with van der Waals surface area (Å²) in [5.74, 6) is 0.951. The first-order chi connectivity index (χ1) is 14.1. The predicted molar refractivity (Wildman–Crippen MR) is 111 cm³/mol. The summed E-state index contributed by atoms with van der Waals surface area (Å²) >= 11 is 0. The Bertz CT molecular complexity index is 896. The number of amides is 1. The number of ether oxygens (including phenoxy) is 2. The van der Waals surface area contributed by atoms with Crippen molar-refractivity contribution < 1.29 is 18.7 Å². The normalized spacial score (nSPS) is 11.5. The molecule has 0 unspecified atom stereocenters. The third-order valence-corrected chi connectivity index (χ3v) is 4.51. The fourth-order valence-corrected chi connectivity index (χ4v) is 3.06. The van der Waals surface area contributed by atoms with Crippen LogP contribution in [0.3, 0.4) is 0 Å². The summed E-state index contributed by atoms with van der Waals surface area (Å²) in [5.41, 5.74) is 2.02. The van der Waals surface area contributed by atoms with Gasteiger partial charge in [-0.3, -0.25) is 4.79 Å². The fourth-order valence-electron chi connectivity index (χ4n) is 3.06. The summed E-state index contributed by atoms with van der Waals surface area (Å²) in [4.78, 5) is 12.4. The molecule has 0 aliphatic heterocycles. The van der Waals surface area contributed by atoms with E-state index in [0.717, 1.165) is 16.9 Å². The van der Waals surface area contributed by atoms with Gasteiger partial charge in [0.25, 0.3) is 5.91 Å². The minimum atomic E-state index is -0.277. The number of hydrogen-bond donors (Lipinski definition) is 1. The molecule has 1 atom stereocenters. The van der Waals surface area contributed by atoms with Gasteiger partial charge in [0.1, 0.15) is 17.3 Å². The van der Waals surface area contributed by atoms with Gasteiger partial charge in [0, 0.05) is 6.04 Å². The molecule has 0 saturated heterocycles. The third-order valence-electron chi connectivity index (χ3n) is 4.51. The van der Waals surface area contributed by atoms with Crippen molar-refractivity contribution in [3.05, 3.63) is 95.8 Å². The van der Waals surface area contributed by atoms with Crippen molar-refractivity contribution in [3.8, 4) is 11.5 Å². The summed E-state index contributed by atoms with van der Waals surface area (Å²) in [7, 11) is 1.62. The molecule has 0 radical (unpaired) electrons. The van der Waals surface area contributed by atoms with Crippen LogP contribution in [-0.4, -0.2) is 25.7 Å². The van der Waals surface area contributed by atoms with E-state index in [2.05, 4.69) is 5.32 Å². The van der Waals surface area contributed by atoms with Gasteiger partial charge in [-0.2, -0.15) is 0 Å². The van der Waals surface area contributed by atoms with Crippen molar-refractivity contribution in [1.29, 1.82) is 0 Å². The predicted octanol–water partition coefficient (Wildman–Crippen LogP) is 4.18. The monoisotopic (exact) mass is 393 g/mol. The zero-order valence-corrected chi connectivity index (χ0v) is 16.3. The molecule has 0 heterocycles. The Labute approximate surface area is 170 Å².